The first-order chi connectivity index (χ1) is 19.7. The van der Waals surface area contributed by atoms with Crippen molar-refractivity contribution < 1.29 is 24.5 Å². The lowest BCUT2D eigenvalue weighted by atomic mass is 9.98. The topological polar surface area (TPSA) is 167 Å². The maximum absolute atomic E-state index is 13.1. The highest BCUT2D eigenvalue weighted by molar-refractivity contribution is 6.33. The van der Waals surface area contributed by atoms with Gasteiger partial charge in [0.15, 0.2) is 11.6 Å². The number of nitrogens with one attached hydrogen (secondary N) is 1. The van der Waals surface area contributed by atoms with Crippen LogP contribution in [0.4, 0.5) is 16.3 Å². The second kappa shape index (κ2) is 11.6. The first-order valence-corrected chi connectivity index (χ1v) is 13.3. The molecule has 5 N–H and O–H groups in total. The van der Waals surface area contributed by atoms with Crippen LogP contribution in [0, 0.1) is 11.3 Å². The fourth-order valence-electron chi connectivity index (χ4n) is 4.68. The zero-order chi connectivity index (χ0) is 29.3. The molecule has 1 aromatic heterocycles. The fourth-order valence-corrected chi connectivity index (χ4v) is 5.05. The van der Waals surface area contributed by atoms with Gasteiger partial charge in [0.1, 0.15) is 11.8 Å². The normalized spacial score (nSPS) is 15.0. The van der Waals surface area contributed by atoms with Crippen LogP contribution >= 0.6 is 23.2 Å². The first-order valence-electron chi connectivity index (χ1n) is 12.5. The quantitative estimate of drug-likeness (QED) is 0.249. The molecule has 1 atom stereocenters. The van der Waals surface area contributed by atoms with Crippen LogP contribution in [-0.2, 0) is 4.79 Å². The molecule has 1 fully saturated rings. The van der Waals surface area contributed by atoms with Crippen molar-refractivity contribution in [3.05, 3.63) is 75.8 Å². The van der Waals surface area contributed by atoms with Gasteiger partial charge in [0.2, 0.25) is 5.91 Å². The van der Waals surface area contributed by atoms with Crippen LogP contribution in [0.25, 0.3) is 10.9 Å². The largest absolute Gasteiger partial charge is 0.453 e. The van der Waals surface area contributed by atoms with E-state index < -0.39 is 25.3 Å². The van der Waals surface area contributed by atoms with Gasteiger partial charge in [-0.25, -0.2) is 4.79 Å². The lowest BCUT2D eigenvalue weighted by Crippen LogP contribution is -2.42. The molecule has 1 aliphatic rings. The van der Waals surface area contributed by atoms with Crippen molar-refractivity contribution in [2.45, 2.75) is 18.4 Å². The number of para-hydroxylation sites is 1. The van der Waals surface area contributed by atoms with Crippen LogP contribution < -0.4 is 20.7 Å². The number of nitrogens with two attached hydrogens (primary N) is 1. The van der Waals surface area contributed by atoms with Crippen molar-refractivity contribution in [1.82, 2.24) is 15.1 Å². The summed E-state index contributed by atoms with van der Waals surface area (Å²) in [6.07, 6.45) is 0.232. The molecule has 0 unspecified atom stereocenters. The number of benzene rings is 3. The summed E-state index contributed by atoms with van der Waals surface area (Å²) in [4.78, 5) is 27.4. The van der Waals surface area contributed by atoms with Gasteiger partial charge in [-0.3, -0.25) is 4.79 Å². The molecular formula is C28H24Cl2N6O5. The average molecular weight is 595 g/mol. The van der Waals surface area contributed by atoms with Gasteiger partial charge >= 0.3 is 6.03 Å². The van der Waals surface area contributed by atoms with E-state index in [1.165, 1.54) is 0 Å². The van der Waals surface area contributed by atoms with Crippen molar-refractivity contribution in [3.8, 4) is 17.6 Å². The molecule has 2 amide bonds. The number of rotatable bonds is 7. The summed E-state index contributed by atoms with van der Waals surface area (Å²) < 4.78 is 7.00. The highest BCUT2D eigenvalue weighted by atomic mass is 35.5. The number of halogens is 2. The van der Waals surface area contributed by atoms with Crippen LogP contribution in [0.1, 0.15) is 23.5 Å². The number of nitrogens with zero attached hydrogens (tertiary/aromatic N) is 4. The van der Waals surface area contributed by atoms with Crippen molar-refractivity contribution in [2.24, 2.45) is 0 Å². The number of amides is 2. The monoisotopic (exact) mass is 594 g/mol. The molecule has 0 bridgehead atoms. The number of ether oxygens (including phenoxy) is 1. The number of anilines is 2. The lowest BCUT2D eigenvalue weighted by molar-refractivity contribution is -0.117. The summed E-state index contributed by atoms with van der Waals surface area (Å²) in [5.74, 6) is 0.300. The summed E-state index contributed by atoms with van der Waals surface area (Å²) in [6, 6.07) is 15.6. The Morgan fingerprint density at radius 1 is 1.17 bits per heavy atom. The van der Waals surface area contributed by atoms with E-state index in [-0.39, 0.29) is 40.4 Å². The molecule has 4 aromatic rings. The molecular weight excluding hydrogens is 571 g/mol. The van der Waals surface area contributed by atoms with Crippen LogP contribution in [-0.4, -0.2) is 57.7 Å². The van der Waals surface area contributed by atoms with E-state index in [1.807, 2.05) is 6.07 Å². The van der Waals surface area contributed by atoms with Crippen LogP contribution in [0.5, 0.6) is 11.5 Å². The molecule has 1 aliphatic heterocycles. The van der Waals surface area contributed by atoms with Crippen molar-refractivity contribution in [1.29, 1.82) is 5.26 Å². The third kappa shape index (κ3) is 5.51. The number of hydrogen-bond donors (Lipinski definition) is 4. The predicted octanol–water partition coefficient (Wildman–Crippen LogP) is 4.02. The number of carbonyl (C=O) groups is 2. The van der Waals surface area contributed by atoms with Gasteiger partial charge in [-0.15, -0.1) is 5.10 Å². The minimum absolute atomic E-state index is 0.0838. The Morgan fingerprint density at radius 2 is 1.95 bits per heavy atom. The van der Waals surface area contributed by atoms with E-state index in [9.17, 15) is 25.1 Å². The van der Waals surface area contributed by atoms with E-state index in [1.54, 1.807) is 53.4 Å². The minimum Gasteiger partial charge on any atom is -0.453 e. The Bertz CT molecular complexity index is 1700. The number of aliphatic hydroxyl groups excluding tert-OH is 2. The first kappa shape index (κ1) is 28.2. The molecule has 210 valence electrons. The number of hydrogen-bond acceptors (Lipinski definition) is 8. The number of carbonyl (C=O) groups excluding carboxylic acids is 2. The van der Waals surface area contributed by atoms with E-state index >= 15 is 0 Å². The van der Waals surface area contributed by atoms with Crippen molar-refractivity contribution >= 4 is 57.5 Å². The van der Waals surface area contributed by atoms with E-state index in [0.29, 0.717) is 33.9 Å². The standard InChI is InChI=1S/C28H24Cl2N6O5/c29-21-6-4-15(8-24(21)41-26-16(11-31)2-1-3-22(26)30)17-9-25(39)35(12-17)19-5-7-23-20(10-19)27(32)34-36(23)28(40)33-18(13-37)14-38/h1-8,10,17-18,37-38H,9,12-14H2,(H2,32,34)(H,33,40)/t17-/m0/s1. The number of nitriles is 1. The number of nitrogen functional groups attached to an aromatic ring is 1. The minimum atomic E-state index is -0.849. The van der Waals surface area contributed by atoms with Gasteiger partial charge in [-0.05, 0) is 48.0 Å². The van der Waals surface area contributed by atoms with Gasteiger partial charge in [-0.1, -0.05) is 35.3 Å². The highest BCUT2D eigenvalue weighted by Gasteiger charge is 2.33. The summed E-state index contributed by atoms with van der Waals surface area (Å²) in [5, 5.41) is 35.6. The SMILES string of the molecule is N#Cc1cccc(Cl)c1Oc1cc([C@H]2CC(=O)N(c3ccc4c(c3)c(N)nn4C(=O)NC(CO)CO)C2)ccc1Cl. The van der Waals surface area contributed by atoms with Gasteiger partial charge in [0, 0.05) is 30.0 Å². The van der Waals surface area contributed by atoms with E-state index in [0.717, 1.165) is 10.2 Å². The van der Waals surface area contributed by atoms with Gasteiger partial charge in [0.05, 0.1) is 40.4 Å². The second-order valence-electron chi connectivity index (χ2n) is 9.44. The van der Waals surface area contributed by atoms with Gasteiger partial charge in [0.25, 0.3) is 0 Å². The van der Waals surface area contributed by atoms with Crippen molar-refractivity contribution in [2.75, 3.05) is 30.4 Å². The lowest BCUT2D eigenvalue weighted by Gasteiger charge is -2.18. The predicted molar refractivity (Wildman–Crippen MR) is 153 cm³/mol. The molecule has 0 aliphatic carbocycles. The molecule has 0 spiro atoms. The van der Waals surface area contributed by atoms with Gasteiger partial charge < -0.3 is 30.9 Å². The van der Waals surface area contributed by atoms with E-state index in [4.69, 9.17) is 33.7 Å². The molecule has 1 saturated heterocycles. The van der Waals surface area contributed by atoms with Gasteiger partial charge in [-0.2, -0.15) is 9.94 Å². The van der Waals surface area contributed by atoms with Crippen LogP contribution in [0.15, 0.2) is 54.6 Å². The number of aliphatic hydroxyl groups is 2. The molecule has 13 heteroatoms. The molecule has 0 saturated carbocycles. The van der Waals surface area contributed by atoms with E-state index in [2.05, 4.69) is 16.5 Å². The Balaban J connectivity index is 1.39. The summed E-state index contributed by atoms with van der Waals surface area (Å²) in [7, 11) is 0. The second-order valence-corrected chi connectivity index (χ2v) is 10.3. The zero-order valence-electron chi connectivity index (χ0n) is 21.4. The average Bonchev–Trinajstić information content (AvgIpc) is 3.53. The van der Waals surface area contributed by atoms with Crippen LogP contribution in [0.2, 0.25) is 10.0 Å². The summed E-state index contributed by atoms with van der Waals surface area (Å²) >= 11 is 12.7. The Morgan fingerprint density at radius 3 is 2.68 bits per heavy atom. The Labute approximate surface area is 244 Å². The molecule has 0 radical (unpaired) electrons. The highest BCUT2D eigenvalue weighted by Crippen LogP contribution is 2.40. The molecule has 11 nitrogen and oxygen atoms in total. The smallest absolute Gasteiger partial charge is 0.343 e. The number of fused-ring (bicyclic) bond motifs is 1. The Kier molecular flexibility index (Phi) is 8.01. The molecule has 2 heterocycles. The summed E-state index contributed by atoms with van der Waals surface area (Å²) in [6.45, 7) is -0.521. The molecule has 3 aromatic carbocycles. The molecule has 5 rings (SSSR count). The maximum Gasteiger partial charge on any atom is 0.343 e. The van der Waals surface area contributed by atoms with Crippen LogP contribution in [0.3, 0.4) is 0 Å². The third-order valence-electron chi connectivity index (χ3n) is 6.82. The number of aromatic nitrogens is 2. The Hall–Kier alpha value is -4.34. The maximum atomic E-state index is 13.1. The zero-order valence-corrected chi connectivity index (χ0v) is 22.9. The molecule has 41 heavy (non-hydrogen) atoms. The summed E-state index contributed by atoms with van der Waals surface area (Å²) in [5.41, 5.74) is 8.15. The van der Waals surface area contributed by atoms with Crippen molar-refractivity contribution in [3.63, 3.8) is 0 Å². The fraction of sp³-hybridized carbons (Fsp3) is 0.214. The third-order valence-corrected chi connectivity index (χ3v) is 7.43.